The fraction of sp³-hybridized carbons (Fsp3) is 0.500. The minimum Gasteiger partial charge on any atom is -0.549 e. The van der Waals surface area contributed by atoms with Crippen LogP contribution in [0.25, 0.3) is 0 Å². The van der Waals surface area contributed by atoms with Gasteiger partial charge in [-0.25, -0.2) is 0 Å². The van der Waals surface area contributed by atoms with E-state index in [-0.39, 0.29) is 29.9 Å². The Kier molecular flexibility index (Phi) is 18.4. The largest absolute Gasteiger partial charge is 2.00 e. The van der Waals surface area contributed by atoms with Crippen LogP contribution >= 0.6 is 0 Å². The fourth-order valence-corrected chi connectivity index (χ4v) is 0. The summed E-state index contributed by atoms with van der Waals surface area (Å²) in [6.45, 7) is -0.778. The Morgan fingerprint density at radius 3 is 1.09 bits per heavy atom. The van der Waals surface area contributed by atoms with Gasteiger partial charge in [-0.3, -0.25) is 0 Å². The van der Waals surface area contributed by atoms with Crippen LogP contribution in [0, 0.1) is 0 Å². The van der Waals surface area contributed by atoms with E-state index in [1.165, 1.54) is 0 Å². The maximum Gasteiger partial charge on any atom is 2.00 e. The van der Waals surface area contributed by atoms with Crippen molar-refractivity contribution in [2.24, 2.45) is 11.5 Å². The van der Waals surface area contributed by atoms with E-state index in [0.717, 1.165) is 0 Å². The number of carbonyl (C=O) groups is 2. The van der Waals surface area contributed by atoms with Crippen molar-refractivity contribution in [3.63, 3.8) is 0 Å². The first-order chi connectivity index (χ1) is 4.54. The first kappa shape index (κ1) is 16.8. The average Bonchev–Trinajstić information content (AvgIpc) is 1.89. The molecule has 0 unspecified atom stereocenters. The van der Waals surface area contributed by atoms with Crippen LogP contribution in [0.3, 0.4) is 0 Å². The van der Waals surface area contributed by atoms with Gasteiger partial charge in [-0.2, -0.15) is 0 Å². The fourth-order valence-electron chi connectivity index (χ4n) is 0. The van der Waals surface area contributed by atoms with Gasteiger partial charge in [0.1, 0.15) is 0 Å². The van der Waals surface area contributed by atoms with Gasteiger partial charge in [-0.1, -0.05) is 0 Å². The van der Waals surface area contributed by atoms with Gasteiger partial charge >= 0.3 is 16.8 Å². The number of nitrogens with two attached hydrogens (primary N) is 2. The van der Waals surface area contributed by atoms with Crippen molar-refractivity contribution in [1.82, 2.24) is 0 Å². The molecule has 0 bridgehead atoms. The predicted octanol–water partition coefficient (Wildman–Crippen LogP) is -4.61. The van der Waals surface area contributed by atoms with E-state index in [9.17, 15) is 0 Å². The maximum atomic E-state index is 9.13. The van der Waals surface area contributed by atoms with Crippen molar-refractivity contribution in [2.45, 2.75) is 0 Å². The Hall–Kier alpha value is -0.634. The second-order valence-electron chi connectivity index (χ2n) is 1.15. The molecule has 0 amide bonds. The number of hydrogen-bond acceptors (Lipinski definition) is 6. The van der Waals surface area contributed by atoms with E-state index in [0.29, 0.717) is 0 Å². The third-order valence-electron chi connectivity index (χ3n) is 0.333. The van der Waals surface area contributed by atoms with Gasteiger partial charge in [0.15, 0.2) is 0 Å². The summed E-state index contributed by atoms with van der Waals surface area (Å²) >= 11 is 0. The molecule has 0 saturated heterocycles. The minimum atomic E-state index is -1.22. The van der Waals surface area contributed by atoms with Crippen molar-refractivity contribution in [3.05, 3.63) is 0 Å². The molecule has 0 atom stereocenters. The smallest absolute Gasteiger partial charge is 0.549 e. The van der Waals surface area contributed by atoms with E-state index in [1.807, 2.05) is 0 Å². The van der Waals surface area contributed by atoms with Crippen molar-refractivity contribution in [2.75, 3.05) is 13.1 Å². The quantitative estimate of drug-likeness (QED) is 0.468. The molecule has 0 aliphatic heterocycles. The van der Waals surface area contributed by atoms with E-state index < -0.39 is 11.9 Å². The molecule has 0 fully saturated rings. The molecule has 0 aromatic carbocycles. The van der Waals surface area contributed by atoms with Gasteiger partial charge in [-0.05, 0) is 0 Å². The first-order valence-corrected chi connectivity index (χ1v) is 2.34. The van der Waals surface area contributed by atoms with Crippen molar-refractivity contribution < 1.29 is 36.6 Å². The molecule has 67 valence electrons. The summed E-state index contributed by atoms with van der Waals surface area (Å²) in [5.74, 6) is -2.44. The predicted molar refractivity (Wildman–Crippen MR) is 28.1 cm³/mol. The molecule has 0 heterocycles. The zero-order valence-corrected chi connectivity index (χ0v) is 6.58. The van der Waals surface area contributed by atoms with Crippen LogP contribution in [0.2, 0.25) is 0 Å². The van der Waals surface area contributed by atoms with Crippen LogP contribution in [0.5, 0.6) is 0 Å². The molecule has 7 heteroatoms. The Bertz CT molecular complexity index is 105. The second-order valence-corrected chi connectivity index (χ2v) is 1.15. The summed E-state index contributed by atoms with van der Waals surface area (Å²) in [4.78, 5) is 18.3. The van der Waals surface area contributed by atoms with Crippen LogP contribution < -0.4 is 21.7 Å². The molecule has 0 aromatic heterocycles. The van der Waals surface area contributed by atoms with Crippen LogP contribution in [0.15, 0.2) is 0 Å². The second kappa shape index (κ2) is 12.1. The molecule has 6 nitrogen and oxygen atoms in total. The number of aliphatic carboxylic acids is 2. The third kappa shape index (κ3) is 44.8. The van der Waals surface area contributed by atoms with E-state index in [1.54, 1.807) is 0 Å². The number of carbonyl (C=O) groups excluding carboxylic acids is 2. The minimum absolute atomic E-state index is 0. The molecule has 0 aliphatic rings. The van der Waals surface area contributed by atoms with Crippen molar-refractivity contribution in [1.29, 1.82) is 0 Å². The van der Waals surface area contributed by atoms with Gasteiger partial charge < -0.3 is 31.3 Å². The van der Waals surface area contributed by atoms with Gasteiger partial charge in [0.25, 0.3) is 0 Å². The normalized spacial score (nSPS) is 6.73. The van der Waals surface area contributed by atoms with Gasteiger partial charge in [0.2, 0.25) is 0 Å². The van der Waals surface area contributed by atoms with Gasteiger partial charge in [0.05, 0.1) is 11.9 Å². The molecule has 0 aromatic rings. The zero-order valence-electron chi connectivity index (χ0n) is 5.54. The first-order valence-electron chi connectivity index (χ1n) is 2.34. The number of rotatable bonds is 2. The molecule has 0 rings (SSSR count). The Morgan fingerprint density at radius 2 is 1.09 bits per heavy atom. The summed E-state index contributed by atoms with van der Waals surface area (Å²) in [5, 5.41) is 18.3. The Labute approximate surface area is 73.8 Å². The molecule has 0 spiro atoms. The topological polar surface area (TPSA) is 132 Å². The van der Waals surface area contributed by atoms with E-state index in [4.69, 9.17) is 19.8 Å². The zero-order chi connectivity index (χ0) is 8.57. The van der Waals surface area contributed by atoms with Gasteiger partial charge in [-0.15, -0.1) is 0 Å². The molecule has 0 saturated carbocycles. The summed E-state index contributed by atoms with van der Waals surface area (Å²) in [5.41, 5.74) is 9.02. The SMILES string of the molecule is NCC(=O)[O-].NCC(=O)[O-].[Co+2]. The van der Waals surface area contributed by atoms with Crippen LogP contribution in [0.1, 0.15) is 0 Å². The summed E-state index contributed by atoms with van der Waals surface area (Å²) in [6, 6.07) is 0. The van der Waals surface area contributed by atoms with E-state index in [2.05, 4.69) is 11.5 Å². The van der Waals surface area contributed by atoms with Crippen LogP contribution in [-0.4, -0.2) is 25.0 Å². The summed E-state index contributed by atoms with van der Waals surface area (Å²) < 4.78 is 0. The number of carboxylic acids is 2. The molecular weight excluding hydrogens is 199 g/mol. The Balaban J connectivity index is -0.000000107. The van der Waals surface area contributed by atoms with E-state index >= 15 is 0 Å². The molecule has 1 radical (unpaired) electrons. The molecular formula is C4H8CoN2O4. The molecule has 4 N–H and O–H groups in total. The van der Waals surface area contributed by atoms with Gasteiger partial charge in [0, 0.05) is 13.1 Å². The Morgan fingerprint density at radius 1 is 1.00 bits per heavy atom. The number of hydrogen-bond donors (Lipinski definition) is 2. The summed E-state index contributed by atoms with van der Waals surface area (Å²) in [7, 11) is 0. The monoisotopic (exact) mass is 207 g/mol. The third-order valence-corrected chi connectivity index (χ3v) is 0.333. The average molecular weight is 207 g/mol. The summed E-state index contributed by atoms with van der Waals surface area (Å²) in [6.07, 6.45) is 0. The van der Waals surface area contributed by atoms with Crippen LogP contribution in [-0.2, 0) is 26.4 Å². The van der Waals surface area contributed by atoms with Crippen molar-refractivity contribution in [3.8, 4) is 0 Å². The standard InChI is InChI=1S/2C2H5NO2.Co/c2*3-1-2(4)5;/h2*1,3H2,(H,4,5);/q;;+2/p-2. The van der Waals surface area contributed by atoms with Crippen LogP contribution in [0.4, 0.5) is 0 Å². The van der Waals surface area contributed by atoms with Crippen molar-refractivity contribution >= 4 is 11.9 Å². The molecule has 0 aliphatic carbocycles. The number of carboxylic acid groups (broad SMARTS) is 2. The maximum absolute atomic E-state index is 9.13. The molecule has 11 heavy (non-hydrogen) atoms.